The Morgan fingerprint density at radius 3 is 2.58 bits per heavy atom. The number of aromatic nitrogens is 1. The van der Waals surface area contributed by atoms with E-state index in [0.717, 1.165) is 4.90 Å². The van der Waals surface area contributed by atoms with Crippen molar-refractivity contribution in [1.82, 2.24) is 15.6 Å². The monoisotopic (exact) mass is 345 g/mol. The number of imide groups is 1. The van der Waals surface area contributed by atoms with Crippen LogP contribution >= 0.6 is 11.8 Å². The van der Waals surface area contributed by atoms with Crippen LogP contribution in [0.4, 0.5) is 4.79 Å². The Balaban J connectivity index is 2.02. The molecule has 0 spiro atoms. The average Bonchev–Trinajstić information content (AvgIpc) is 2.61. The molecule has 0 radical (unpaired) electrons. The second kappa shape index (κ2) is 8.68. The number of nitrogens with one attached hydrogen (secondary N) is 2. The van der Waals surface area contributed by atoms with E-state index in [1.165, 1.54) is 18.8 Å². The molecular formula is C16H15N3O4S. The maximum absolute atomic E-state index is 12.2. The summed E-state index contributed by atoms with van der Waals surface area (Å²) in [6, 6.07) is 11.9. The van der Waals surface area contributed by atoms with Gasteiger partial charge in [0.15, 0.2) is 6.61 Å². The van der Waals surface area contributed by atoms with Crippen LogP contribution in [0, 0.1) is 0 Å². The molecule has 24 heavy (non-hydrogen) atoms. The molecule has 124 valence electrons. The van der Waals surface area contributed by atoms with Crippen molar-refractivity contribution in [1.29, 1.82) is 0 Å². The summed E-state index contributed by atoms with van der Waals surface area (Å²) in [7, 11) is 1.37. The van der Waals surface area contributed by atoms with Gasteiger partial charge >= 0.3 is 12.0 Å². The van der Waals surface area contributed by atoms with Gasteiger partial charge in [0.05, 0.1) is 5.56 Å². The van der Waals surface area contributed by atoms with E-state index in [1.54, 1.807) is 18.3 Å². The zero-order chi connectivity index (χ0) is 17.4. The maximum Gasteiger partial charge on any atom is 0.341 e. The fourth-order valence-electron chi connectivity index (χ4n) is 1.66. The molecule has 0 bridgehead atoms. The second-order valence-electron chi connectivity index (χ2n) is 4.47. The highest BCUT2D eigenvalue weighted by molar-refractivity contribution is 7.99. The molecule has 2 aromatic rings. The zero-order valence-corrected chi connectivity index (χ0v) is 13.6. The number of urea groups is 1. The lowest BCUT2D eigenvalue weighted by molar-refractivity contribution is -0.123. The van der Waals surface area contributed by atoms with Crippen LogP contribution in [-0.4, -0.2) is 36.5 Å². The van der Waals surface area contributed by atoms with E-state index in [1.807, 2.05) is 35.6 Å². The minimum Gasteiger partial charge on any atom is -0.452 e. The fraction of sp³-hybridized carbons (Fsp3) is 0.125. The summed E-state index contributed by atoms with van der Waals surface area (Å²) < 4.78 is 4.93. The highest BCUT2D eigenvalue weighted by Gasteiger charge is 2.16. The summed E-state index contributed by atoms with van der Waals surface area (Å²) in [4.78, 5) is 39.7. The Morgan fingerprint density at radius 1 is 1.12 bits per heavy atom. The van der Waals surface area contributed by atoms with Crippen molar-refractivity contribution in [3.05, 3.63) is 54.2 Å². The van der Waals surface area contributed by atoms with Crippen LogP contribution in [0.3, 0.4) is 0 Å². The van der Waals surface area contributed by atoms with Crippen molar-refractivity contribution in [2.45, 2.75) is 9.92 Å². The molecule has 0 aliphatic rings. The third-order valence-electron chi connectivity index (χ3n) is 2.76. The molecule has 0 fully saturated rings. The van der Waals surface area contributed by atoms with Crippen LogP contribution in [-0.2, 0) is 9.53 Å². The SMILES string of the molecule is CNC(=O)NC(=O)COC(=O)c1cccnc1Sc1ccccc1. The van der Waals surface area contributed by atoms with Crippen LogP contribution in [0.15, 0.2) is 58.6 Å². The van der Waals surface area contributed by atoms with Gasteiger partial charge in [-0.15, -0.1) is 0 Å². The van der Waals surface area contributed by atoms with Gasteiger partial charge in [0, 0.05) is 18.1 Å². The molecule has 8 heteroatoms. The minimum atomic E-state index is -0.719. The van der Waals surface area contributed by atoms with Crippen LogP contribution in [0.5, 0.6) is 0 Å². The molecule has 3 amide bonds. The molecule has 0 saturated carbocycles. The van der Waals surface area contributed by atoms with Gasteiger partial charge in [0.2, 0.25) is 0 Å². The number of hydrogen-bond donors (Lipinski definition) is 2. The maximum atomic E-state index is 12.2. The van der Waals surface area contributed by atoms with Crippen molar-refractivity contribution >= 4 is 29.7 Å². The summed E-state index contributed by atoms with van der Waals surface area (Å²) >= 11 is 1.31. The molecule has 0 atom stereocenters. The second-order valence-corrected chi connectivity index (χ2v) is 5.54. The molecule has 1 aromatic heterocycles. The smallest absolute Gasteiger partial charge is 0.341 e. The van der Waals surface area contributed by atoms with Gasteiger partial charge in [-0.25, -0.2) is 14.6 Å². The molecule has 0 saturated heterocycles. The van der Waals surface area contributed by atoms with Crippen LogP contribution in [0.2, 0.25) is 0 Å². The normalized spacial score (nSPS) is 9.88. The number of pyridine rings is 1. The lowest BCUT2D eigenvalue weighted by Crippen LogP contribution is -2.39. The third kappa shape index (κ3) is 5.10. The topological polar surface area (TPSA) is 97.4 Å². The number of benzene rings is 1. The van der Waals surface area contributed by atoms with Gasteiger partial charge < -0.3 is 10.1 Å². The highest BCUT2D eigenvalue weighted by atomic mass is 32.2. The van der Waals surface area contributed by atoms with Crippen molar-refractivity contribution in [2.24, 2.45) is 0 Å². The molecule has 2 rings (SSSR count). The van der Waals surface area contributed by atoms with E-state index in [-0.39, 0.29) is 5.56 Å². The number of rotatable bonds is 5. The minimum absolute atomic E-state index is 0.249. The van der Waals surface area contributed by atoms with Crippen molar-refractivity contribution in [3.63, 3.8) is 0 Å². The van der Waals surface area contributed by atoms with E-state index in [2.05, 4.69) is 10.3 Å². The fourth-order valence-corrected chi connectivity index (χ4v) is 2.55. The van der Waals surface area contributed by atoms with Crippen molar-refractivity contribution in [2.75, 3.05) is 13.7 Å². The summed E-state index contributed by atoms with van der Waals surface area (Å²) in [5.41, 5.74) is 0.249. The summed E-state index contributed by atoms with van der Waals surface area (Å²) in [5.74, 6) is -1.41. The molecule has 1 aromatic carbocycles. The van der Waals surface area contributed by atoms with E-state index in [4.69, 9.17) is 4.74 Å². The van der Waals surface area contributed by atoms with Gasteiger partial charge in [-0.2, -0.15) is 0 Å². The average molecular weight is 345 g/mol. The first-order valence-electron chi connectivity index (χ1n) is 6.96. The molecule has 7 nitrogen and oxygen atoms in total. The standard InChI is InChI=1S/C16H15N3O4S/c1-17-16(22)19-13(20)10-23-15(21)12-8-5-9-18-14(12)24-11-6-3-2-4-7-11/h2-9H,10H2,1H3,(H2,17,19,20,22). The van der Waals surface area contributed by atoms with Gasteiger partial charge in [-0.1, -0.05) is 30.0 Å². The number of esters is 1. The molecule has 0 aliphatic heterocycles. The summed E-state index contributed by atoms with van der Waals surface area (Å²) in [6.45, 7) is -0.559. The van der Waals surface area contributed by atoms with Crippen molar-refractivity contribution < 1.29 is 19.1 Å². The van der Waals surface area contributed by atoms with Crippen LogP contribution in [0.1, 0.15) is 10.4 Å². The van der Waals surface area contributed by atoms with E-state index < -0.39 is 24.5 Å². The van der Waals surface area contributed by atoms with Crippen molar-refractivity contribution in [3.8, 4) is 0 Å². The first-order valence-corrected chi connectivity index (χ1v) is 7.78. The predicted octanol–water partition coefficient (Wildman–Crippen LogP) is 1.85. The lowest BCUT2D eigenvalue weighted by Gasteiger charge is -2.08. The van der Waals surface area contributed by atoms with Gasteiger partial charge in [0.25, 0.3) is 5.91 Å². The van der Waals surface area contributed by atoms with Gasteiger partial charge in [0.1, 0.15) is 5.03 Å². The number of amides is 3. The first kappa shape index (κ1) is 17.5. The number of nitrogens with zero attached hydrogens (tertiary/aromatic N) is 1. The number of hydrogen-bond acceptors (Lipinski definition) is 6. The summed E-state index contributed by atoms with van der Waals surface area (Å²) in [6.07, 6.45) is 1.57. The predicted molar refractivity (Wildman–Crippen MR) is 87.7 cm³/mol. The Hall–Kier alpha value is -2.87. The molecular weight excluding hydrogens is 330 g/mol. The zero-order valence-electron chi connectivity index (χ0n) is 12.8. The van der Waals surface area contributed by atoms with Gasteiger partial charge in [-0.05, 0) is 24.3 Å². The largest absolute Gasteiger partial charge is 0.452 e. The number of carbonyl (C=O) groups is 3. The molecule has 2 N–H and O–H groups in total. The Bertz CT molecular complexity index is 737. The Labute approximate surface area is 142 Å². The molecule has 1 heterocycles. The van der Waals surface area contributed by atoms with Crippen LogP contribution in [0.25, 0.3) is 0 Å². The number of ether oxygens (including phenoxy) is 1. The van der Waals surface area contributed by atoms with E-state index in [9.17, 15) is 14.4 Å². The van der Waals surface area contributed by atoms with E-state index in [0.29, 0.717) is 5.03 Å². The Morgan fingerprint density at radius 2 is 1.88 bits per heavy atom. The third-order valence-corrected chi connectivity index (χ3v) is 3.79. The first-order chi connectivity index (χ1) is 11.6. The lowest BCUT2D eigenvalue weighted by atomic mass is 10.3. The van der Waals surface area contributed by atoms with E-state index >= 15 is 0 Å². The molecule has 0 unspecified atom stereocenters. The Kier molecular flexibility index (Phi) is 6.32. The number of carbonyl (C=O) groups excluding carboxylic acids is 3. The molecule has 0 aliphatic carbocycles. The van der Waals surface area contributed by atoms with Gasteiger partial charge in [-0.3, -0.25) is 10.1 Å². The highest BCUT2D eigenvalue weighted by Crippen LogP contribution is 2.28. The quantitative estimate of drug-likeness (QED) is 0.803. The summed E-state index contributed by atoms with van der Waals surface area (Å²) in [5, 5.41) is 4.70. The van der Waals surface area contributed by atoms with Crippen LogP contribution < -0.4 is 10.6 Å².